The number of rotatable bonds is 8. The summed E-state index contributed by atoms with van der Waals surface area (Å²) in [6.45, 7) is 4.49. The van der Waals surface area contributed by atoms with Crippen molar-refractivity contribution in [1.82, 2.24) is 10.2 Å². The molecule has 0 bridgehead atoms. The van der Waals surface area contributed by atoms with Crippen molar-refractivity contribution in [3.8, 4) is 5.75 Å². The number of benzene rings is 1. The van der Waals surface area contributed by atoms with Crippen molar-refractivity contribution >= 4 is 17.6 Å². The fourth-order valence-corrected chi connectivity index (χ4v) is 3.50. The molecule has 0 saturated carbocycles. The summed E-state index contributed by atoms with van der Waals surface area (Å²) in [5.74, 6) is 1.39. The van der Waals surface area contributed by atoms with Crippen LogP contribution in [0.25, 0.3) is 0 Å². The van der Waals surface area contributed by atoms with Crippen molar-refractivity contribution in [1.29, 1.82) is 0 Å². The van der Waals surface area contributed by atoms with Crippen LogP contribution in [0.4, 0.5) is 10.5 Å². The van der Waals surface area contributed by atoms with Crippen LogP contribution in [-0.4, -0.2) is 57.3 Å². The van der Waals surface area contributed by atoms with Crippen molar-refractivity contribution < 1.29 is 19.1 Å². The van der Waals surface area contributed by atoms with Crippen LogP contribution in [-0.2, 0) is 9.53 Å². The Kier molecular flexibility index (Phi) is 8.39. The second kappa shape index (κ2) is 10.8. The van der Waals surface area contributed by atoms with E-state index < -0.39 is 0 Å². The number of carbonyl (C=O) groups is 2. The summed E-state index contributed by atoms with van der Waals surface area (Å²) in [4.78, 5) is 26.5. The Balaban J connectivity index is 1.87. The lowest BCUT2D eigenvalue weighted by Crippen LogP contribution is -2.46. The Morgan fingerprint density at radius 1 is 1.26 bits per heavy atom. The highest BCUT2D eigenvalue weighted by atomic mass is 16.5. The van der Waals surface area contributed by atoms with Crippen molar-refractivity contribution in [2.24, 2.45) is 11.8 Å². The zero-order valence-electron chi connectivity index (χ0n) is 16.5. The minimum atomic E-state index is -0.107. The maximum atomic E-state index is 12.6. The predicted molar refractivity (Wildman–Crippen MR) is 105 cm³/mol. The molecule has 2 N–H and O–H groups in total. The molecule has 2 unspecified atom stereocenters. The minimum Gasteiger partial charge on any atom is -0.497 e. The molecule has 1 saturated heterocycles. The van der Waals surface area contributed by atoms with Gasteiger partial charge in [0.25, 0.3) is 0 Å². The number of hydrogen-bond acceptors (Lipinski definition) is 4. The second-order valence-corrected chi connectivity index (χ2v) is 6.87. The van der Waals surface area contributed by atoms with E-state index in [9.17, 15) is 9.59 Å². The third-order valence-corrected chi connectivity index (χ3v) is 5.10. The van der Waals surface area contributed by atoms with E-state index in [4.69, 9.17) is 9.47 Å². The maximum absolute atomic E-state index is 12.6. The van der Waals surface area contributed by atoms with Gasteiger partial charge < -0.3 is 25.0 Å². The summed E-state index contributed by atoms with van der Waals surface area (Å²) in [7, 11) is 3.22. The van der Waals surface area contributed by atoms with Crippen molar-refractivity contribution in [2.75, 3.05) is 45.8 Å². The predicted octanol–water partition coefficient (Wildman–Crippen LogP) is 2.73. The third kappa shape index (κ3) is 6.43. The Hall–Kier alpha value is -2.28. The Bertz CT molecular complexity index is 623. The number of anilines is 1. The number of nitrogens with zero attached hydrogens (tertiary/aromatic N) is 1. The zero-order valence-corrected chi connectivity index (χ0v) is 16.5. The summed E-state index contributed by atoms with van der Waals surface area (Å²) in [6.07, 6.45) is 2.29. The zero-order chi connectivity index (χ0) is 19.6. The van der Waals surface area contributed by atoms with Crippen LogP contribution in [0.3, 0.4) is 0 Å². The average molecular weight is 377 g/mol. The Morgan fingerprint density at radius 3 is 2.78 bits per heavy atom. The fourth-order valence-electron chi connectivity index (χ4n) is 3.50. The van der Waals surface area contributed by atoms with E-state index in [1.165, 1.54) is 0 Å². The van der Waals surface area contributed by atoms with Crippen molar-refractivity contribution in [3.05, 3.63) is 24.3 Å². The van der Waals surface area contributed by atoms with E-state index in [1.807, 2.05) is 23.1 Å². The quantitative estimate of drug-likeness (QED) is 0.683. The molecule has 3 amide bonds. The molecule has 1 heterocycles. The van der Waals surface area contributed by atoms with E-state index in [0.29, 0.717) is 55.9 Å². The van der Waals surface area contributed by atoms with Crippen molar-refractivity contribution in [2.45, 2.75) is 26.2 Å². The van der Waals surface area contributed by atoms with Crippen LogP contribution >= 0.6 is 0 Å². The highest BCUT2D eigenvalue weighted by molar-refractivity contribution is 5.89. The van der Waals surface area contributed by atoms with Gasteiger partial charge in [-0.05, 0) is 30.4 Å². The topological polar surface area (TPSA) is 79.9 Å². The summed E-state index contributed by atoms with van der Waals surface area (Å²) >= 11 is 0. The highest BCUT2D eigenvalue weighted by Gasteiger charge is 2.31. The largest absolute Gasteiger partial charge is 0.497 e. The lowest BCUT2D eigenvalue weighted by molar-refractivity contribution is -0.123. The van der Waals surface area contributed by atoms with Gasteiger partial charge in [-0.15, -0.1) is 0 Å². The third-order valence-electron chi connectivity index (χ3n) is 5.10. The van der Waals surface area contributed by atoms with Gasteiger partial charge in [0.15, 0.2) is 0 Å². The van der Waals surface area contributed by atoms with Crippen molar-refractivity contribution in [3.63, 3.8) is 0 Å². The molecular formula is C20H31N3O4. The van der Waals surface area contributed by atoms with Gasteiger partial charge in [-0.1, -0.05) is 19.4 Å². The number of likely N-dealkylation sites (tertiary alicyclic amines) is 1. The molecule has 7 heteroatoms. The molecule has 0 spiro atoms. The van der Waals surface area contributed by atoms with Crippen LogP contribution in [0.2, 0.25) is 0 Å². The summed E-state index contributed by atoms with van der Waals surface area (Å²) in [6, 6.07) is 7.22. The Morgan fingerprint density at radius 2 is 2.07 bits per heavy atom. The van der Waals surface area contributed by atoms with E-state index in [2.05, 4.69) is 17.6 Å². The first-order valence-electron chi connectivity index (χ1n) is 9.53. The molecule has 7 nitrogen and oxygen atoms in total. The molecule has 1 aliphatic rings. The van der Waals surface area contributed by atoms with Crippen LogP contribution in [0.5, 0.6) is 5.75 Å². The molecule has 0 aromatic heterocycles. The van der Waals surface area contributed by atoms with Gasteiger partial charge in [0.05, 0.1) is 13.7 Å². The lowest BCUT2D eigenvalue weighted by atomic mass is 9.81. The minimum absolute atomic E-state index is 0.0600. The average Bonchev–Trinajstić information content (AvgIpc) is 2.68. The molecular weight excluding hydrogens is 346 g/mol. The first-order valence-corrected chi connectivity index (χ1v) is 9.53. The van der Waals surface area contributed by atoms with Crippen LogP contribution in [0.15, 0.2) is 24.3 Å². The fraction of sp³-hybridized carbons (Fsp3) is 0.600. The SMILES string of the molecule is CCC1CN(C(=O)Nc2cccc(OC)c2)CCC1CC(=O)NCCOC. The maximum Gasteiger partial charge on any atom is 0.321 e. The van der Waals surface area contributed by atoms with Crippen LogP contribution in [0.1, 0.15) is 26.2 Å². The van der Waals surface area contributed by atoms with E-state index in [-0.39, 0.29) is 11.9 Å². The molecule has 2 atom stereocenters. The molecule has 0 aliphatic carbocycles. The summed E-state index contributed by atoms with van der Waals surface area (Å²) < 4.78 is 10.1. The molecule has 27 heavy (non-hydrogen) atoms. The number of ether oxygens (including phenoxy) is 2. The van der Waals surface area contributed by atoms with E-state index in [0.717, 1.165) is 12.8 Å². The first kappa shape index (κ1) is 21.0. The van der Waals surface area contributed by atoms with Gasteiger partial charge in [0.1, 0.15) is 5.75 Å². The first-order chi connectivity index (χ1) is 13.1. The number of hydrogen-bond donors (Lipinski definition) is 2. The van der Waals surface area contributed by atoms with Crippen LogP contribution < -0.4 is 15.4 Å². The normalized spacial score (nSPS) is 19.4. The number of piperidine rings is 1. The summed E-state index contributed by atoms with van der Waals surface area (Å²) in [5.41, 5.74) is 0.715. The number of urea groups is 1. The monoisotopic (exact) mass is 377 g/mol. The summed E-state index contributed by atoms with van der Waals surface area (Å²) in [5, 5.41) is 5.82. The number of amides is 3. The molecule has 2 rings (SSSR count). The standard InChI is InChI=1S/C20H31N3O4/c1-4-15-14-23(10-8-16(15)12-19(24)21-9-11-26-2)20(25)22-17-6-5-7-18(13-17)27-3/h5-7,13,15-16H,4,8-12,14H2,1-3H3,(H,21,24)(H,22,25). The van der Waals surface area contributed by atoms with E-state index in [1.54, 1.807) is 20.3 Å². The van der Waals surface area contributed by atoms with Gasteiger partial charge in [0, 0.05) is 44.9 Å². The second-order valence-electron chi connectivity index (χ2n) is 6.87. The van der Waals surface area contributed by atoms with E-state index >= 15 is 0 Å². The smallest absolute Gasteiger partial charge is 0.321 e. The molecule has 150 valence electrons. The molecule has 1 aliphatic heterocycles. The van der Waals surface area contributed by atoms with Gasteiger partial charge in [-0.2, -0.15) is 0 Å². The van der Waals surface area contributed by atoms with Gasteiger partial charge in [-0.3, -0.25) is 4.79 Å². The number of methoxy groups -OCH3 is 2. The van der Waals surface area contributed by atoms with Gasteiger partial charge in [0.2, 0.25) is 5.91 Å². The molecule has 1 aromatic carbocycles. The molecule has 0 radical (unpaired) electrons. The van der Waals surface area contributed by atoms with Gasteiger partial charge >= 0.3 is 6.03 Å². The lowest BCUT2D eigenvalue weighted by Gasteiger charge is -2.38. The highest BCUT2D eigenvalue weighted by Crippen LogP contribution is 2.29. The van der Waals surface area contributed by atoms with Crippen LogP contribution in [0, 0.1) is 11.8 Å². The molecule has 1 aromatic rings. The number of nitrogens with one attached hydrogen (secondary N) is 2. The number of carbonyl (C=O) groups excluding carboxylic acids is 2. The Labute approximate surface area is 161 Å². The molecule has 1 fully saturated rings. The van der Waals surface area contributed by atoms with Gasteiger partial charge in [-0.25, -0.2) is 4.79 Å².